The van der Waals surface area contributed by atoms with Gasteiger partial charge in [-0.25, -0.2) is 9.97 Å². The Hall–Kier alpha value is -1.72. The third-order valence-electron chi connectivity index (χ3n) is 3.32. The summed E-state index contributed by atoms with van der Waals surface area (Å²) in [6.45, 7) is 7.33. The Morgan fingerprint density at radius 3 is 2.95 bits per heavy atom. The number of thiazole rings is 1. The molecular formula is C15H18N4S. The van der Waals surface area contributed by atoms with Crippen LogP contribution in [0.1, 0.15) is 30.5 Å². The maximum atomic E-state index is 4.68. The van der Waals surface area contributed by atoms with Crippen LogP contribution in [0.5, 0.6) is 0 Å². The van der Waals surface area contributed by atoms with Crippen molar-refractivity contribution in [2.75, 3.05) is 6.54 Å². The van der Waals surface area contributed by atoms with E-state index in [1.165, 1.54) is 4.88 Å². The zero-order valence-corrected chi connectivity index (χ0v) is 12.7. The van der Waals surface area contributed by atoms with Gasteiger partial charge >= 0.3 is 0 Å². The number of hydrogen-bond acceptors (Lipinski definition) is 4. The SMILES string of the molecule is CCNC(C)c1sc(-c2cn3ccccc3n2)nc1C. The van der Waals surface area contributed by atoms with E-state index < -0.39 is 0 Å². The van der Waals surface area contributed by atoms with Crippen molar-refractivity contribution in [3.05, 3.63) is 41.2 Å². The molecule has 3 aromatic heterocycles. The minimum atomic E-state index is 0.336. The Kier molecular flexibility index (Phi) is 3.54. The van der Waals surface area contributed by atoms with Crippen molar-refractivity contribution in [1.29, 1.82) is 0 Å². The number of imidazole rings is 1. The maximum absolute atomic E-state index is 4.68. The number of nitrogens with zero attached hydrogens (tertiary/aromatic N) is 3. The predicted octanol–water partition coefficient (Wildman–Crippen LogP) is 3.44. The van der Waals surface area contributed by atoms with Crippen molar-refractivity contribution >= 4 is 17.0 Å². The molecule has 0 saturated carbocycles. The summed E-state index contributed by atoms with van der Waals surface area (Å²) >= 11 is 1.73. The molecule has 0 aliphatic carbocycles. The molecule has 0 spiro atoms. The average molecular weight is 286 g/mol. The number of rotatable bonds is 4. The average Bonchev–Trinajstić information content (AvgIpc) is 3.02. The summed E-state index contributed by atoms with van der Waals surface area (Å²) in [5.41, 5.74) is 2.99. The molecule has 1 N–H and O–H groups in total. The van der Waals surface area contributed by atoms with Crippen molar-refractivity contribution in [3.8, 4) is 10.7 Å². The largest absolute Gasteiger partial charge is 0.310 e. The summed E-state index contributed by atoms with van der Waals surface area (Å²) in [5, 5.41) is 4.43. The summed E-state index contributed by atoms with van der Waals surface area (Å²) in [5.74, 6) is 0. The van der Waals surface area contributed by atoms with Gasteiger partial charge in [0.15, 0.2) is 0 Å². The van der Waals surface area contributed by atoms with E-state index >= 15 is 0 Å². The summed E-state index contributed by atoms with van der Waals surface area (Å²) < 4.78 is 2.03. The highest BCUT2D eigenvalue weighted by atomic mass is 32.1. The predicted molar refractivity (Wildman–Crippen MR) is 83.1 cm³/mol. The lowest BCUT2D eigenvalue weighted by atomic mass is 10.2. The third kappa shape index (κ3) is 2.34. The monoisotopic (exact) mass is 286 g/mol. The quantitative estimate of drug-likeness (QED) is 0.799. The van der Waals surface area contributed by atoms with E-state index in [9.17, 15) is 0 Å². The maximum Gasteiger partial charge on any atom is 0.144 e. The molecule has 3 rings (SSSR count). The van der Waals surface area contributed by atoms with E-state index in [-0.39, 0.29) is 0 Å². The molecule has 0 saturated heterocycles. The number of aromatic nitrogens is 3. The highest BCUT2D eigenvalue weighted by Crippen LogP contribution is 2.31. The van der Waals surface area contributed by atoms with Gasteiger partial charge in [0.2, 0.25) is 0 Å². The molecule has 5 heteroatoms. The van der Waals surface area contributed by atoms with Crippen molar-refractivity contribution in [1.82, 2.24) is 19.7 Å². The third-order valence-corrected chi connectivity index (χ3v) is 4.68. The Morgan fingerprint density at radius 2 is 2.20 bits per heavy atom. The highest BCUT2D eigenvalue weighted by Gasteiger charge is 2.16. The molecule has 3 heterocycles. The lowest BCUT2D eigenvalue weighted by Crippen LogP contribution is -2.17. The molecule has 0 radical (unpaired) electrons. The van der Waals surface area contributed by atoms with Crippen molar-refractivity contribution in [3.63, 3.8) is 0 Å². The van der Waals surface area contributed by atoms with E-state index in [0.717, 1.165) is 28.6 Å². The van der Waals surface area contributed by atoms with Crippen LogP contribution in [0.2, 0.25) is 0 Å². The fourth-order valence-electron chi connectivity index (χ4n) is 2.36. The molecule has 3 aromatic rings. The van der Waals surface area contributed by atoms with Crippen LogP contribution in [0.15, 0.2) is 30.6 Å². The van der Waals surface area contributed by atoms with Crippen molar-refractivity contribution in [2.24, 2.45) is 0 Å². The van der Waals surface area contributed by atoms with Gasteiger partial charge in [0.1, 0.15) is 16.3 Å². The summed E-state index contributed by atoms with van der Waals surface area (Å²) in [7, 11) is 0. The van der Waals surface area contributed by atoms with Crippen LogP contribution in [-0.4, -0.2) is 20.9 Å². The molecule has 1 unspecified atom stereocenters. The van der Waals surface area contributed by atoms with Crippen LogP contribution in [0, 0.1) is 6.92 Å². The molecule has 0 aliphatic rings. The van der Waals surface area contributed by atoms with Gasteiger partial charge in [-0.2, -0.15) is 0 Å². The molecular weight excluding hydrogens is 268 g/mol. The number of fused-ring (bicyclic) bond motifs is 1. The van der Waals surface area contributed by atoms with Crippen LogP contribution in [0.3, 0.4) is 0 Å². The van der Waals surface area contributed by atoms with Gasteiger partial charge in [-0.1, -0.05) is 13.0 Å². The molecule has 20 heavy (non-hydrogen) atoms. The second kappa shape index (κ2) is 5.34. The number of hydrogen-bond donors (Lipinski definition) is 1. The topological polar surface area (TPSA) is 42.2 Å². The second-order valence-electron chi connectivity index (χ2n) is 4.84. The van der Waals surface area contributed by atoms with Gasteiger partial charge in [0, 0.05) is 23.3 Å². The number of nitrogens with one attached hydrogen (secondary N) is 1. The van der Waals surface area contributed by atoms with E-state index in [2.05, 4.69) is 36.1 Å². The van der Waals surface area contributed by atoms with E-state index in [1.54, 1.807) is 11.3 Å². The van der Waals surface area contributed by atoms with Crippen LogP contribution >= 0.6 is 11.3 Å². The van der Waals surface area contributed by atoms with E-state index in [4.69, 9.17) is 0 Å². The molecule has 0 aliphatic heterocycles. The smallest absolute Gasteiger partial charge is 0.144 e. The number of aryl methyl sites for hydroxylation is 1. The minimum absolute atomic E-state index is 0.336. The fraction of sp³-hybridized carbons (Fsp3) is 0.333. The molecule has 104 valence electrons. The first kappa shape index (κ1) is 13.3. The fourth-order valence-corrected chi connectivity index (χ4v) is 3.40. The zero-order valence-electron chi connectivity index (χ0n) is 11.9. The summed E-state index contributed by atoms with van der Waals surface area (Å²) in [6, 6.07) is 6.34. The van der Waals surface area contributed by atoms with Gasteiger partial charge in [-0.15, -0.1) is 11.3 Å². The lowest BCUT2D eigenvalue weighted by Gasteiger charge is -2.09. The van der Waals surface area contributed by atoms with Crippen LogP contribution in [0.4, 0.5) is 0 Å². The van der Waals surface area contributed by atoms with E-state index in [0.29, 0.717) is 6.04 Å². The summed E-state index contributed by atoms with van der Waals surface area (Å²) in [4.78, 5) is 10.6. The second-order valence-corrected chi connectivity index (χ2v) is 5.87. The Morgan fingerprint density at radius 1 is 1.35 bits per heavy atom. The summed E-state index contributed by atoms with van der Waals surface area (Å²) in [6.07, 6.45) is 4.05. The van der Waals surface area contributed by atoms with Gasteiger partial charge in [-0.3, -0.25) is 0 Å². The van der Waals surface area contributed by atoms with Crippen molar-refractivity contribution in [2.45, 2.75) is 26.8 Å². The number of pyridine rings is 1. The van der Waals surface area contributed by atoms with E-state index in [1.807, 2.05) is 35.0 Å². The molecule has 0 amide bonds. The van der Waals surface area contributed by atoms with Gasteiger partial charge in [0.25, 0.3) is 0 Å². The van der Waals surface area contributed by atoms with Crippen LogP contribution in [0.25, 0.3) is 16.3 Å². The molecule has 4 nitrogen and oxygen atoms in total. The van der Waals surface area contributed by atoms with Crippen LogP contribution < -0.4 is 5.32 Å². The first-order chi connectivity index (χ1) is 9.69. The molecule has 1 atom stereocenters. The molecule has 0 bridgehead atoms. The van der Waals surface area contributed by atoms with Gasteiger partial charge in [0.05, 0.1) is 5.69 Å². The first-order valence-electron chi connectivity index (χ1n) is 6.84. The highest BCUT2D eigenvalue weighted by molar-refractivity contribution is 7.15. The Labute approximate surface area is 122 Å². The van der Waals surface area contributed by atoms with Crippen LogP contribution in [-0.2, 0) is 0 Å². The minimum Gasteiger partial charge on any atom is -0.310 e. The first-order valence-corrected chi connectivity index (χ1v) is 7.65. The standard InChI is InChI=1S/C15H18N4S/c1-4-16-10(2)14-11(3)17-15(20-14)12-9-19-8-6-5-7-13(19)18-12/h5-10,16H,4H2,1-3H3. The van der Waals surface area contributed by atoms with Gasteiger partial charge in [-0.05, 0) is 32.5 Å². The zero-order chi connectivity index (χ0) is 14.1. The van der Waals surface area contributed by atoms with Gasteiger partial charge < -0.3 is 9.72 Å². The molecule has 0 aromatic carbocycles. The Balaban J connectivity index is 2.00. The molecule has 0 fully saturated rings. The lowest BCUT2D eigenvalue weighted by molar-refractivity contribution is 0.603. The Bertz CT molecular complexity index is 695. The normalized spacial score (nSPS) is 12.9. The van der Waals surface area contributed by atoms with Crippen molar-refractivity contribution < 1.29 is 0 Å².